The van der Waals surface area contributed by atoms with E-state index in [0.29, 0.717) is 5.56 Å². The minimum Gasteiger partial charge on any atom is -0.462 e. The highest BCUT2D eigenvalue weighted by Crippen LogP contribution is 2.35. The summed E-state index contributed by atoms with van der Waals surface area (Å²) in [5.41, 5.74) is -0.110. The number of hydrogen-bond acceptors (Lipinski definition) is 6. The quantitative estimate of drug-likeness (QED) is 0.642. The second-order valence-electron chi connectivity index (χ2n) is 5.66. The number of nitrogens with one attached hydrogen (secondary N) is 1. The third-order valence-corrected chi connectivity index (χ3v) is 4.01. The summed E-state index contributed by atoms with van der Waals surface area (Å²) in [4.78, 5) is 36.2. The number of carbonyl (C=O) groups excluding carboxylic acids is 3. The van der Waals surface area contributed by atoms with Gasteiger partial charge in [0.05, 0.1) is 12.2 Å². The fourth-order valence-electron chi connectivity index (χ4n) is 1.73. The van der Waals surface area contributed by atoms with Gasteiger partial charge in [0.1, 0.15) is 21.4 Å². The molecular formula is C15H20ClNO5S. The average Bonchev–Trinajstić information content (AvgIpc) is 2.73. The minimum atomic E-state index is -0.669. The molecule has 0 spiro atoms. The number of halogens is 1. The van der Waals surface area contributed by atoms with Gasteiger partial charge in [0.15, 0.2) is 0 Å². The monoisotopic (exact) mass is 361 g/mol. The Labute approximate surface area is 144 Å². The molecule has 0 atom stereocenters. The Morgan fingerprint density at radius 1 is 1.22 bits per heavy atom. The lowest BCUT2D eigenvalue weighted by molar-refractivity contribution is -0.113. The first kappa shape index (κ1) is 19.4. The third kappa shape index (κ3) is 5.21. The zero-order valence-corrected chi connectivity index (χ0v) is 15.3. The molecule has 0 unspecified atom stereocenters. The van der Waals surface area contributed by atoms with Crippen molar-refractivity contribution in [2.45, 2.75) is 40.2 Å². The van der Waals surface area contributed by atoms with Gasteiger partial charge in [-0.05, 0) is 40.2 Å². The maximum absolute atomic E-state index is 12.3. The molecule has 8 heteroatoms. The van der Waals surface area contributed by atoms with E-state index in [0.717, 1.165) is 11.3 Å². The molecule has 0 aliphatic carbocycles. The maximum Gasteiger partial charge on any atom is 0.349 e. The van der Waals surface area contributed by atoms with Crippen LogP contribution in [-0.4, -0.2) is 35.9 Å². The van der Waals surface area contributed by atoms with E-state index >= 15 is 0 Å². The van der Waals surface area contributed by atoms with E-state index in [9.17, 15) is 14.4 Å². The highest BCUT2D eigenvalue weighted by molar-refractivity contribution is 7.18. The maximum atomic E-state index is 12.3. The first-order valence-electron chi connectivity index (χ1n) is 7.00. The molecule has 23 heavy (non-hydrogen) atoms. The van der Waals surface area contributed by atoms with E-state index < -0.39 is 23.4 Å². The van der Waals surface area contributed by atoms with Crippen LogP contribution in [0.1, 0.15) is 53.3 Å². The summed E-state index contributed by atoms with van der Waals surface area (Å²) in [5.74, 6) is -1.91. The Morgan fingerprint density at radius 3 is 2.30 bits per heavy atom. The van der Waals surface area contributed by atoms with Crippen molar-refractivity contribution < 1.29 is 23.9 Å². The molecule has 0 saturated carbocycles. The predicted octanol–water partition coefficient (Wildman–Crippen LogP) is 3.37. The zero-order chi connectivity index (χ0) is 17.8. The second-order valence-corrected chi connectivity index (χ2v) is 6.95. The van der Waals surface area contributed by atoms with E-state index in [2.05, 4.69) is 5.32 Å². The van der Waals surface area contributed by atoms with Crippen molar-refractivity contribution in [1.29, 1.82) is 0 Å². The molecule has 0 fully saturated rings. The van der Waals surface area contributed by atoms with Crippen LogP contribution in [0.5, 0.6) is 0 Å². The largest absolute Gasteiger partial charge is 0.462 e. The van der Waals surface area contributed by atoms with Gasteiger partial charge in [0, 0.05) is 0 Å². The highest BCUT2D eigenvalue weighted by atomic mass is 35.5. The predicted molar refractivity (Wildman–Crippen MR) is 89.5 cm³/mol. The number of amides is 1. The summed E-state index contributed by atoms with van der Waals surface area (Å²) in [6, 6.07) is 0. The number of ether oxygens (including phenoxy) is 2. The molecule has 1 N–H and O–H groups in total. The summed E-state index contributed by atoms with van der Waals surface area (Å²) >= 11 is 6.44. The van der Waals surface area contributed by atoms with Crippen molar-refractivity contribution in [3.05, 3.63) is 16.0 Å². The smallest absolute Gasteiger partial charge is 0.349 e. The molecule has 1 aromatic heterocycles. The summed E-state index contributed by atoms with van der Waals surface area (Å²) in [6.45, 7) is 8.70. The Kier molecular flexibility index (Phi) is 6.58. The van der Waals surface area contributed by atoms with Gasteiger partial charge < -0.3 is 14.8 Å². The summed E-state index contributed by atoms with van der Waals surface area (Å²) < 4.78 is 10.3. The number of rotatable bonds is 5. The molecule has 1 aromatic rings. The molecule has 128 valence electrons. The molecule has 0 aliphatic rings. The van der Waals surface area contributed by atoms with Crippen molar-refractivity contribution in [1.82, 2.24) is 0 Å². The first-order chi connectivity index (χ1) is 10.6. The van der Waals surface area contributed by atoms with Crippen molar-refractivity contribution in [3.63, 3.8) is 0 Å². The van der Waals surface area contributed by atoms with Crippen LogP contribution < -0.4 is 5.32 Å². The van der Waals surface area contributed by atoms with E-state index in [1.165, 1.54) is 0 Å². The number of alkyl halides is 1. The molecule has 0 aromatic carbocycles. The van der Waals surface area contributed by atoms with Crippen LogP contribution in [0, 0.1) is 6.92 Å². The SMILES string of the molecule is CCOC(=O)c1c(NC(=O)CCl)sc(C(=O)OC(C)(C)C)c1C. The fraction of sp³-hybridized carbons (Fsp3) is 0.533. The summed E-state index contributed by atoms with van der Waals surface area (Å²) in [6.07, 6.45) is 0. The van der Waals surface area contributed by atoms with Gasteiger partial charge in [-0.3, -0.25) is 4.79 Å². The van der Waals surface area contributed by atoms with Gasteiger partial charge in [0.25, 0.3) is 0 Å². The van der Waals surface area contributed by atoms with Crippen LogP contribution in [0.4, 0.5) is 5.00 Å². The third-order valence-electron chi connectivity index (χ3n) is 2.58. The molecule has 1 heterocycles. The van der Waals surface area contributed by atoms with Gasteiger partial charge in [-0.15, -0.1) is 22.9 Å². The van der Waals surface area contributed by atoms with Crippen molar-refractivity contribution in [2.24, 2.45) is 0 Å². The molecule has 0 radical (unpaired) electrons. The van der Waals surface area contributed by atoms with Gasteiger partial charge in [0.2, 0.25) is 5.91 Å². The number of carbonyl (C=O) groups is 3. The van der Waals surface area contributed by atoms with E-state index in [1.807, 2.05) is 0 Å². The van der Waals surface area contributed by atoms with E-state index in [4.69, 9.17) is 21.1 Å². The minimum absolute atomic E-state index is 0.149. The van der Waals surface area contributed by atoms with Crippen LogP contribution in [0.2, 0.25) is 0 Å². The summed E-state index contributed by atoms with van der Waals surface area (Å²) in [5, 5.41) is 2.75. The van der Waals surface area contributed by atoms with E-state index in [-0.39, 0.29) is 27.9 Å². The van der Waals surface area contributed by atoms with Crippen LogP contribution in [0.25, 0.3) is 0 Å². The van der Waals surface area contributed by atoms with E-state index in [1.54, 1.807) is 34.6 Å². The number of anilines is 1. The van der Waals surface area contributed by atoms with Gasteiger partial charge >= 0.3 is 11.9 Å². The number of thiophene rings is 1. The lowest BCUT2D eigenvalue weighted by atomic mass is 10.1. The topological polar surface area (TPSA) is 81.7 Å². The van der Waals surface area contributed by atoms with Crippen LogP contribution in [0.3, 0.4) is 0 Å². The lowest BCUT2D eigenvalue weighted by Crippen LogP contribution is -2.23. The fourth-order valence-corrected chi connectivity index (χ4v) is 2.88. The second kappa shape index (κ2) is 7.79. The molecule has 0 aliphatic heterocycles. The van der Waals surface area contributed by atoms with Crippen LogP contribution >= 0.6 is 22.9 Å². The van der Waals surface area contributed by atoms with Crippen molar-refractivity contribution in [2.75, 3.05) is 17.8 Å². The molecule has 0 bridgehead atoms. The standard InChI is InChI=1S/C15H20ClNO5S/c1-6-21-13(19)10-8(2)11(14(20)22-15(3,4)5)23-12(10)17-9(18)7-16/h6-7H2,1-5H3,(H,17,18). The Bertz CT molecular complexity index is 618. The Balaban J connectivity index is 3.28. The van der Waals surface area contributed by atoms with Crippen LogP contribution in [-0.2, 0) is 14.3 Å². The molecule has 1 amide bonds. The highest BCUT2D eigenvalue weighted by Gasteiger charge is 2.29. The zero-order valence-electron chi connectivity index (χ0n) is 13.7. The van der Waals surface area contributed by atoms with Gasteiger partial charge in [-0.25, -0.2) is 9.59 Å². The van der Waals surface area contributed by atoms with Crippen molar-refractivity contribution in [3.8, 4) is 0 Å². The Hall–Kier alpha value is -1.60. The Morgan fingerprint density at radius 2 is 1.83 bits per heavy atom. The van der Waals surface area contributed by atoms with Gasteiger partial charge in [-0.1, -0.05) is 0 Å². The molecular weight excluding hydrogens is 342 g/mol. The molecule has 6 nitrogen and oxygen atoms in total. The first-order valence-corrected chi connectivity index (χ1v) is 8.35. The lowest BCUT2D eigenvalue weighted by Gasteiger charge is -2.19. The van der Waals surface area contributed by atoms with Crippen LogP contribution in [0.15, 0.2) is 0 Å². The number of esters is 2. The molecule has 1 rings (SSSR count). The average molecular weight is 362 g/mol. The normalized spacial score (nSPS) is 11.0. The summed E-state index contributed by atoms with van der Waals surface area (Å²) in [7, 11) is 0. The van der Waals surface area contributed by atoms with Crippen molar-refractivity contribution >= 4 is 45.8 Å². The van der Waals surface area contributed by atoms with Gasteiger partial charge in [-0.2, -0.15) is 0 Å². The number of hydrogen-bond donors (Lipinski definition) is 1. The molecule has 0 saturated heterocycles.